The average molecular weight is 362 g/mol. The Kier molecular flexibility index (Phi) is 4.56. The summed E-state index contributed by atoms with van der Waals surface area (Å²) in [5.41, 5.74) is 0.507. The van der Waals surface area contributed by atoms with E-state index in [-0.39, 0.29) is 23.7 Å². The number of rotatable bonds is 3. The Hall–Kier alpha value is -2.34. The first kappa shape index (κ1) is 17.5. The van der Waals surface area contributed by atoms with E-state index in [9.17, 15) is 9.59 Å². The second-order valence-corrected chi connectivity index (χ2v) is 7.64. The van der Waals surface area contributed by atoms with Crippen molar-refractivity contribution >= 4 is 34.9 Å². The van der Waals surface area contributed by atoms with Gasteiger partial charge in [-0.1, -0.05) is 43.6 Å². The van der Waals surface area contributed by atoms with Gasteiger partial charge in [-0.2, -0.15) is 0 Å². The fourth-order valence-corrected chi connectivity index (χ4v) is 2.88. The van der Waals surface area contributed by atoms with Crippen LogP contribution >= 0.6 is 11.6 Å². The summed E-state index contributed by atoms with van der Waals surface area (Å²) < 4.78 is 5.26. The average Bonchev–Trinajstić information content (AvgIpc) is 3.13. The number of aromatic nitrogens is 1. The van der Waals surface area contributed by atoms with Crippen molar-refractivity contribution in [1.29, 1.82) is 0 Å². The lowest BCUT2D eigenvalue weighted by atomic mass is 9.93. The Balaban J connectivity index is 1.68. The van der Waals surface area contributed by atoms with Gasteiger partial charge in [-0.25, -0.2) is 0 Å². The zero-order valence-corrected chi connectivity index (χ0v) is 15.1. The van der Waals surface area contributed by atoms with Gasteiger partial charge in [0.2, 0.25) is 11.8 Å². The largest absolute Gasteiger partial charge is 0.359 e. The van der Waals surface area contributed by atoms with E-state index in [2.05, 4.69) is 10.5 Å². The molecule has 132 valence electrons. The van der Waals surface area contributed by atoms with Crippen LogP contribution in [0, 0.1) is 5.92 Å². The molecule has 1 aliphatic rings. The van der Waals surface area contributed by atoms with Crippen molar-refractivity contribution < 1.29 is 14.1 Å². The lowest BCUT2D eigenvalue weighted by molar-refractivity contribution is -0.122. The molecule has 1 fully saturated rings. The lowest BCUT2D eigenvalue weighted by Crippen LogP contribution is -2.28. The Bertz CT molecular complexity index is 810. The molecule has 2 heterocycles. The smallest absolute Gasteiger partial charge is 0.231 e. The van der Waals surface area contributed by atoms with Crippen LogP contribution < -0.4 is 10.2 Å². The summed E-state index contributed by atoms with van der Waals surface area (Å²) in [6.45, 7) is 6.31. The summed E-state index contributed by atoms with van der Waals surface area (Å²) in [6, 6.07) is 8.75. The predicted octanol–water partition coefficient (Wildman–Crippen LogP) is 3.62. The van der Waals surface area contributed by atoms with Crippen molar-refractivity contribution in [3.8, 4) is 0 Å². The molecule has 3 rings (SSSR count). The fraction of sp³-hybridized carbons (Fsp3) is 0.389. The first-order valence-electron chi connectivity index (χ1n) is 8.08. The van der Waals surface area contributed by atoms with E-state index in [0.29, 0.717) is 28.8 Å². The predicted molar refractivity (Wildman–Crippen MR) is 95.7 cm³/mol. The molecule has 0 radical (unpaired) electrons. The van der Waals surface area contributed by atoms with E-state index >= 15 is 0 Å². The number of amides is 2. The zero-order valence-electron chi connectivity index (χ0n) is 14.4. The highest BCUT2D eigenvalue weighted by atomic mass is 35.5. The van der Waals surface area contributed by atoms with Crippen LogP contribution in [0.3, 0.4) is 0 Å². The molecular weight excluding hydrogens is 342 g/mol. The summed E-state index contributed by atoms with van der Waals surface area (Å²) in [4.78, 5) is 26.3. The summed E-state index contributed by atoms with van der Waals surface area (Å²) in [5.74, 6) is 0.264. The van der Waals surface area contributed by atoms with E-state index < -0.39 is 5.92 Å². The third-order valence-electron chi connectivity index (χ3n) is 4.12. The van der Waals surface area contributed by atoms with E-state index in [1.807, 2.05) is 20.8 Å². The minimum Gasteiger partial charge on any atom is -0.359 e. The molecule has 1 aliphatic heterocycles. The monoisotopic (exact) mass is 361 g/mol. The van der Waals surface area contributed by atoms with E-state index in [4.69, 9.17) is 16.1 Å². The highest BCUT2D eigenvalue weighted by Gasteiger charge is 2.35. The normalized spacial score (nSPS) is 17.8. The van der Waals surface area contributed by atoms with Crippen LogP contribution in [0.15, 0.2) is 34.9 Å². The molecule has 0 spiro atoms. The van der Waals surface area contributed by atoms with Gasteiger partial charge in [0, 0.05) is 35.2 Å². The van der Waals surface area contributed by atoms with Gasteiger partial charge in [-0.15, -0.1) is 0 Å². The Labute approximate surface area is 151 Å². The summed E-state index contributed by atoms with van der Waals surface area (Å²) in [7, 11) is 0. The molecule has 2 amide bonds. The molecule has 1 atom stereocenters. The third-order valence-corrected chi connectivity index (χ3v) is 4.35. The number of nitrogens with one attached hydrogen (secondary N) is 1. The molecule has 1 N–H and O–H groups in total. The molecule has 2 aromatic rings. The van der Waals surface area contributed by atoms with E-state index in [1.165, 1.54) is 0 Å². The van der Waals surface area contributed by atoms with Crippen LogP contribution in [0.5, 0.6) is 0 Å². The van der Waals surface area contributed by atoms with Crippen molar-refractivity contribution in [3.63, 3.8) is 0 Å². The number of anilines is 2. The van der Waals surface area contributed by atoms with Crippen molar-refractivity contribution in [1.82, 2.24) is 5.16 Å². The fourth-order valence-electron chi connectivity index (χ4n) is 2.69. The number of carbonyl (C=O) groups is 2. The molecule has 0 saturated carbocycles. The van der Waals surface area contributed by atoms with Crippen LogP contribution in [-0.2, 0) is 15.0 Å². The summed E-state index contributed by atoms with van der Waals surface area (Å²) in [6.07, 6.45) is 0.155. The van der Waals surface area contributed by atoms with Gasteiger partial charge in [-0.3, -0.25) is 9.59 Å². The van der Waals surface area contributed by atoms with Gasteiger partial charge in [-0.05, 0) is 18.2 Å². The van der Waals surface area contributed by atoms with Crippen LogP contribution in [0.25, 0.3) is 0 Å². The molecular formula is C18H20ClN3O3. The molecule has 0 bridgehead atoms. The molecule has 1 saturated heterocycles. The number of benzene rings is 1. The van der Waals surface area contributed by atoms with Gasteiger partial charge in [0.1, 0.15) is 5.76 Å². The quantitative estimate of drug-likeness (QED) is 0.905. The second-order valence-electron chi connectivity index (χ2n) is 7.20. The van der Waals surface area contributed by atoms with Crippen LogP contribution in [0.1, 0.15) is 33.0 Å². The molecule has 1 aromatic carbocycles. The number of nitrogens with zero attached hydrogens (tertiary/aromatic N) is 2. The minimum absolute atomic E-state index is 0.0991. The lowest BCUT2D eigenvalue weighted by Gasteiger charge is -2.16. The number of carbonyl (C=O) groups excluding carboxylic acids is 2. The molecule has 25 heavy (non-hydrogen) atoms. The molecule has 1 unspecified atom stereocenters. The standard InChI is InChI=1S/C18H20ClN3O3/c1-18(2,3)14-9-15(21-25-14)20-17(24)11-7-16(23)22(10-11)13-6-4-5-12(19)8-13/h4-6,8-9,11H,7,10H2,1-3H3,(H,20,21,24). The SMILES string of the molecule is CC(C)(C)c1cc(NC(=O)C2CC(=O)N(c3cccc(Cl)c3)C2)no1. The molecule has 1 aromatic heterocycles. The number of hydrogen-bond donors (Lipinski definition) is 1. The maximum Gasteiger partial charge on any atom is 0.231 e. The van der Waals surface area contributed by atoms with Gasteiger partial charge in [0.15, 0.2) is 5.82 Å². The maximum absolute atomic E-state index is 12.5. The highest BCUT2D eigenvalue weighted by Crippen LogP contribution is 2.28. The van der Waals surface area contributed by atoms with Gasteiger partial charge in [0.25, 0.3) is 0 Å². The summed E-state index contributed by atoms with van der Waals surface area (Å²) >= 11 is 5.98. The van der Waals surface area contributed by atoms with Crippen molar-refractivity contribution in [2.75, 3.05) is 16.8 Å². The van der Waals surface area contributed by atoms with Gasteiger partial charge in [0.05, 0.1) is 5.92 Å². The third kappa shape index (κ3) is 3.85. The molecule has 0 aliphatic carbocycles. The minimum atomic E-state index is -0.443. The van der Waals surface area contributed by atoms with Crippen molar-refractivity contribution in [3.05, 3.63) is 41.1 Å². The van der Waals surface area contributed by atoms with Gasteiger partial charge >= 0.3 is 0 Å². The Morgan fingerprint density at radius 3 is 2.76 bits per heavy atom. The second kappa shape index (κ2) is 6.52. The highest BCUT2D eigenvalue weighted by molar-refractivity contribution is 6.31. The topological polar surface area (TPSA) is 75.4 Å². The zero-order chi connectivity index (χ0) is 18.2. The van der Waals surface area contributed by atoms with Crippen molar-refractivity contribution in [2.45, 2.75) is 32.6 Å². The first-order valence-corrected chi connectivity index (χ1v) is 8.46. The summed E-state index contributed by atoms with van der Waals surface area (Å²) in [5, 5.41) is 7.16. The Morgan fingerprint density at radius 1 is 1.36 bits per heavy atom. The number of halogens is 1. The number of hydrogen-bond acceptors (Lipinski definition) is 4. The first-order chi connectivity index (χ1) is 11.7. The van der Waals surface area contributed by atoms with Gasteiger partial charge < -0.3 is 14.7 Å². The van der Waals surface area contributed by atoms with E-state index in [0.717, 1.165) is 0 Å². The van der Waals surface area contributed by atoms with E-state index in [1.54, 1.807) is 35.2 Å². The molecule has 6 nitrogen and oxygen atoms in total. The van der Waals surface area contributed by atoms with Crippen LogP contribution in [0.2, 0.25) is 5.02 Å². The maximum atomic E-state index is 12.5. The van der Waals surface area contributed by atoms with Crippen molar-refractivity contribution in [2.24, 2.45) is 5.92 Å². The van der Waals surface area contributed by atoms with Crippen LogP contribution in [-0.4, -0.2) is 23.5 Å². The molecule has 7 heteroatoms. The Morgan fingerprint density at radius 2 is 2.12 bits per heavy atom. The van der Waals surface area contributed by atoms with Crippen LogP contribution in [0.4, 0.5) is 11.5 Å².